The van der Waals surface area contributed by atoms with Crippen molar-refractivity contribution in [3.63, 3.8) is 0 Å². The van der Waals surface area contributed by atoms with E-state index in [-0.39, 0.29) is 22.3 Å². The van der Waals surface area contributed by atoms with Crippen LogP contribution in [0.15, 0.2) is 71.2 Å². The van der Waals surface area contributed by atoms with Gasteiger partial charge >= 0.3 is 0 Å². The fourth-order valence-corrected chi connectivity index (χ4v) is 4.87. The summed E-state index contributed by atoms with van der Waals surface area (Å²) in [6.07, 6.45) is 1.63. The number of thioether (sulfide) groups is 1. The zero-order valence-electron chi connectivity index (χ0n) is 16.8. The molecule has 0 saturated carbocycles. The molecule has 1 heterocycles. The minimum atomic E-state index is -3.59. The van der Waals surface area contributed by atoms with Gasteiger partial charge in [0.2, 0.25) is 5.91 Å². The molecule has 0 saturated heterocycles. The number of nitrogens with zero attached hydrogens (tertiary/aromatic N) is 3. The van der Waals surface area contributed by atoms with Gasteiger partial charge in [-0.1, -0.05) is 47.1 Å². The Hall–Kier alpha value is -2.62. The third-order valence-electron chi connectivity index (χ3n) is 4.26. The molecular weight excluding hydrogens is 456 g/mol. The number of amides is 1. The van der Waals surface area contributed by atoms with Crippen molar-refractivity contribution in [3.05, 3.63) is 77.6 Å². The Kier molecular flexibility index (Phi) is 7.53. The summed E-state index contributed by atoms with van der Waals surface area (Å²) in [5.41, 5.74) is 1.61. The normalized spacial score (nSPS) is 11.3. The van der Waals surface area contributed by atoms with Crippen molar-refractivity contribution in [1.82, 2.24) is 14.8 Å². The van der Waals surface area contributed by atoms with E-state index in [0.717, 1.165) is 5.56 Å². The zero-order chi connectivity index (χ0) is 22.4. The SMILES string of the molecule is C=CCn1c(CS(=O)(=O)c2ccc(C)cc2)nnc1SCC(=O)Nc1ccc(Cl)cc1. The first-order chi connectivity index (χ1) is 14.8. The highest BCUT2D eigenvalue weighted by atomic mass is 35.5. The van der Waals surface area contributed by atoms with Crippen molar-refractivity contribution in [2.45, 2.75) is 29.3 Å². The summed E-state index contributed by atoms with van der Waals surface area (Å²) in [4.78, 5) is 12.5. The predicted octanol–water partition coefficient (Wildman–Crippen LogP) is 4.13. The second kappa shape index (κ2) is 10.1. The summed E-state index contributed by atoms with van der Waals surface area (Å²) >= 11 is 7.02. The van der Waals surface area contributed by atoms with E-state index in [1.165, 1.54) is 11.8 Å². The van der Waals surface area contributed by atoms with Crippen molar-refractivity contribution < 1.29 is 13.2 Å². The Balaban J connectivity index is 1.71. The number of carbonyl (C=O) groups is 1. The molecule has 0 radical (unpaired) electrons. The second-order valence-electron chi connectivity index (χ2n) is 6.71. The standard InChI is InChI=1S/C21H21ClN4O3S2/c1-3-12-26-19(14-31(28,29)18-10-4-15(2)5-11-18)24-25-21(26)30-13-20(27)23-17-8-6-16(22)7-9-17/h3-11H,1,12-14H2,2H3,(H,23,27). The Morgan fingerprint density at radius 1 is 1.16 bits per heavy atom. The number of rotatable bonds is 9. The van der Waals surface area contributed by atoms with E-state index in [1.807, 2.05) is 6.92 Å². The molecule has 0 aliphatic rings. The summed E-state index contributed by atoms with van der Waals surface area (Å²) in [6.45, 7) is 5.93. The molecular formula is C21H21ClN4O3S2. The van der Waals surface area contributed by atoms with Crippen LogP contribution in [-0.2, 0) is 26.9 Å². The summed E-state index contributed by atoms with van der Waals surface area (Å²) in [7, 11) is -3.59. The molecule has 1 aromatic heterocycles. The molecule has 1 amide bonds. The van der Waals surface area contributed by atoms with Crippen LogP contribution < -0.4 is 5.32 Å². The highest BCUT2D eigenvalue weighted by molar-refractivity contribution is 7.99. The van der Waals surface area contributed by atoms with Crippen molar-refractivity contribution in [3.8, 4) is 0 Å². The lowest BCUT2D eigenvalue weighted by Gasteiger charge is -2.09. The largest absolute Gasteiger partial charge is 0.325 e. The molecule has 0 unspecified atom stereocenters. The second-order valence-corrected chi connectivity index (χ2v) is 10.1. The minimum absolute atomic E-state index is 0.0859. The van der Waals surface area contributed by atoms with Gasteiger partial charge in [0, 0.05) is 17.3 Å². The number of aromatic nitrogens is 3. The Morgan fingerprint density at radius 3 is 2.48 bits per heavy atom. The van der Waals surface area contributed by atoms with Crippen molar-refractivity contribution >= 4 is 44.8 Å². The molecule has 0 aliphatic heterocycles. The van der Waals surface area contributed by atoms with Crippen LogP contribution in [0.1, 0.15) is 11.4 Å². The number of carbonyl (C=O) groups excluding carboxylic acids is 1. The fraction of sp³-hybridized carbons (Fsp3) is 0.190. The topological polar surface area (TPSA) is 93.9 Å². The summed E-state index contributed by atoms with van der Waals surface area (Å²) in [6, 6.07) is 13.4. The monoisotopic (exact) mass is 476 g/mol. The van der Waals surface area contributed by atoms with Crippen LogP contribution in [0.25, 0.3) is 0 Å². The third kappa shape index (κ3) is 6.19. The van der Waals surface area contributed by atoms with E-state index in [9.17, 15) is 13.2 Å². The van der Waals surface area contributed by atoms with Gasteiger partial charge in [-0.2, -0.15) is 0 Å². The smallest absolute Gasteiger partial charge is 0.234 e. The summed E-state index contributed by atoms with van der Waals surface area (Å²) < 4.78 is 27.2. The lowest BCUT2D eigenvalue weighted by Crippen LogP contribution is -2.15. The van der Waals surface area contributed by atoms with E-state index in [4.69, 9.17) is 11.6 Å². The molecule has 0 aliphatic carbocycles. The molecule has 0 bridgehead atoms. The van der Waals surface area contributed by atoms with Crippen LogP contribution in [0.3, 0.4) is 0 Å². The first-order valence-corrected chi connectivity index (χ1v) is 12.3. The number of allylic oxidation sites excluding steroid dienone is 1. The van der Waals surface area contributed by atoms with Gasteiger partial charge in [-0.3, -0.25) is 4.79 Å². The van der Waals surface area contributed by atoms with Crippen LogP contribution in [0.5, 0.6) is 0 Å². The van der Waals surface area contributed by atoms with Crippen LogP contribution in [0.4, 0.5) is 5.69 Å². The van der Waals surface area contributed by atoms with E-state index in [1.54, 1.807) is 59.2 Å². The van der Waals surface area contributed by atoms with Gasteiger partial charge in [-0.25, -0.2) is 8.42 Å². The maximum absolute atomic E-state index is 12.8. The molecule has 31 heavy (non-hydrogen) atoms. The van der Waals surface area contributed by atoms with E-state index in [0.29, 0.717) is 28.2 Å². The maximum Gasteiger partial charge on any atom is 0.234 e. The quantitative estimate of drug-likeness (QED) is 0.368. The molecule has 3 aromatic rings. The Morgan fingerprint density at radius 2 is 1.84 bits per heavy atom. The van der Waals surface area contributed by atoms with Gasteiger partial charge in [0.15, 0.2) is 15.0 Å². The number of hydrogen-bond acceptors (Lipinski definition) is 6. The van der Waals surface area contributed by atoms with Gasteiger partial charge < -0.3 is 9.88 Å². The number of nitrogens with one attached hydrogen (secondary N) is 1. The average Bonchev–Trinajstić information content (AvgIpc) is 3.09. The summed E-state index contributed by atoms with van der Waals surface area (Å²) in [5, 5.41) is 11.9. The van der Waals surface area contributed by atoms with Gasteiger partial charge in [0.25, 0.3) is 0 Å². The van der Waals surface area contributed by atoms with E-state index >= 15 is 0 Å². The van der Waals surface area contributed by atoms with E-state index < -0.39 is 9.84 Å². The molecule has 2 aromatic carbocycles. The first kappa shape index (κ1) is 23.1. The van der Waals surface area contributed by atoms with Crippen LogP contribution in [0, 0.1) is 6.92 Å². The number of halogens is 1. The number of anilines is 1. The Bertz CT molecular complexity index is 1170. The van der Waals surface area contributed by atoms with Crippen LogP contribution in [-0.4, -0.2) is 34.8 Å². The van der Waals surface area contributed by atoms with E-state index in [2.05, 4.69) is 22.1 Å². The van der Waals surface area contributed by atoms with Crippen LogP contribution >= 0.6 is 23.4 Å². The van der Waals surface area contributed by atoms with Gasteiger partial charge in [0.05, 0.1) is 10.6 Å². The molecule has 0 atom stereocenters. The number of aryl methyl sites for hydroxylation is 1. The minimum Gasteiger partial charge on any atom is -0.325 e. The first-order valence-electron chi connectivity index (χ1n) is 9.29. The number of hydrogen-bond donors (Lipinski definition) is 1. The molecule has 7 nitrogen and oxygen atoms in total. The molecule has 10 heteroatoms. The maximum atomic E-state index is 12.8. The third-order valence-corrected chi connectivity index (χ3v) is 7.11. The van der Waals surface area contributed by atoms with Crippen molar-refractivity contribution in [1.29, 1.82) is 0 Å². The van der Waals surface area contributed by atoms with Crippen molar-refractivity contribution in [2.24, 2.45) is 0 Å². The average molecular weight is 477 g/mol. The van der Waals surface area contributed by atoms with Gasteiger partial charge in [-0.05, 0) is 43.3 Å². The zero-order valence-corrected chi connectivity index (χ0v) is 19.2. The molecule has 162 valence electrons. The van der Waals surface area contributed by atoms with Gasteiger partial charge in [0.1, 0.15) is 11.6 Å². The molecule has 3 rings (SSSR count). The predicted molar refractivity (Wildman–Crippen MR) is 123 cm³/mol. The van der Waals surface area contributed by atoms with Crippen LogP contribution in [0.2, 0.25) is 5.02 Å². The molecule has 0 spiro atoms. The van der Waals surface area contributed by atoms with Gasteiger partial charge in [-0.15, -0.1) is 16.8 Å². The highest BCUT2D eigenvalue weighted by Crippen LogP contribution is 2.22. The molecule has 0 fully saturated rings. The Labute approximate surface area is 190 Å². The molecule has 1 N–H and O–H groups in total. The highest BCUT2D eigenvalue weighted by Gasteiger charge is 2.21. The fourth-order valence-electron chi connectivity index (χ4n) is 2.70. The number of benzene rings is 2. The number of sulfone groups is 1. The van der Waals surface area contributed by atoms with Crippen molar-refractivity contribution in [2.75, 3.05) is 11.1 Å². The lowest BCUT2D eigenvalue weighted by molar-refractivity contribution is -0.113. The summed E-state index contributed by atoms with van der Waals surface area (Å²) in [5.74, 6) is -0.146. The lowest BCUT2D eigenvalue weighted by atomic mass is 10.2.